The third-order valence-electron chi connectivity index (χ3n) is 6.83. The third kappa shape index (κ3) is 4.09. The molecule has 0 aromatic heterocycles. The van der Waals surface area contributed by atoms with E-state index in [0.717, 1.165) is 30.5 Å². The number of sulfonamides is 1. The van der Waals surface area contributed by atoms with Gasteiger partial charge in [0.2, 0.25) is 15.9 Å². The fourth-order valence-corrected chi connectivity index (χ4v) is 6.03. The van der Waals surface area contributed by atoms with Crippen molar-refractivity contribution in [2.24, 2.45) is 11.8 Å². The lowest BCUT2D eigenvalue weighted by atomic mass is 9.87. The SMILES string of the molecule is CC(C(=O)N1CC2CC2C1)N1CCN(S(=O)(=O)c2ccc(C(C)(C)C)cc2)CC1. The van der Waals surface area contributed by atoms with Crippen molar-refractivity contribution in [3.8, 4) is 0 Å². The van der Waals surface area contributed by atoms with Crippen LogP contribution in [-0.2, 0) is 20.2 Å². The molecular formula is C22H33N3O3S. The Morgan fingerprint density at radius 1 is 1.00 bits per heavy atom. The maximum absolute atomic E-state index is 13.0. The number of rotatable bonds is 4. The lowest BCUT2D eigenvalue weighted by Crippen LogP contribution is -2.55. The van der Waals surface area contributed by atoms with Crippen molar-refractivity contribution in [1.82, 2.24) is 14.1 Å². The summed E-state index contributed by atoms with van der Waals surface area (Å²) in [6.07, 6.45) is 1.28. The highest BCUT2D eigenvalue weighted by molar-refractivity contribution is 7.89. The standard InChI is InChI=1S/C22H33N3O3S/c1-16(21(26)24-14-17-13-18(17)15-24)23-9-11-25(12-10-23)29(27,28)20-7-5-19(6-8-20)22(2,3)4/h5-8,16-18H,9-15H2,1-4H3. The first-order valence-electron chi connectivity index (χ1n) is 10.7. The minimum atomic E-state index is -3.50. The van der Waals surface area contributed by atoms with Gasteiger partial charge in [-0.3, -0.25) is 9.69 Å². The van der Waals surface area contributed by atoms with Crippen LogP contribution in [-0.4, -0.2) is 73.7 Å². The number of hydrogen-bond donors (Lipinski definition) is 0. The maximum atomic E-state index is 13.0. The maximum Gasteiger partial charge on any atom is 0.243 e. The van der Waals surface area contributed by atoms with Gasteiger partial charge in [-0.15, -0.1) is 0 Å². The van der Waals surface area contributed by atoms with Crippen LogP contribution >= 0.6 is 0 Å². The van der Waals surface area contributed by atoms with Crippen molar-refractivity contribution in [2.75, 3.05) is 39.3 Å². The van der Waals surface area contributed by atoms with Crippen molar-refractivity contribution >= 4 is 15.9 Å². The van der Waals surface area contributed by atoms with E-state index < -0.39 is 10.0 Å². The zero-order chi connectivity index (χ0) is 21.0. The molecule has 29 heavy (non-hydrogen) atoms. The van der Waals surface area contributed by atoms with Gasteiger partial charge in [0.15, 0.2) is 0 Å². The average Bonchev–Trinajstić information content (AvgIpc) is 3.31. The molecule has 3 fully saturated rings. The van der Waals surface area contributed by atoms with Crippen molar-refractivity contribution < 1.29 is 13.2 Å². The molecule has 1 amide bonds. The van der Waals surface area contributed by atoms with E-state index in [2.05, 4.69) is 25.7 Å². The molecule has 7 heteroatoms. The summed E-state index contributed by atoms with van der Waals surface area (Å²) in [4.78, 5) is 17.3. The molecular weight excluding hydrogens is 386 g/mol. The van der Waals surface area contributed by atoms with Crippen molar-refractivity contribution in [3.63, 3.8) is 0 Å². The van der Waals surface area contributed by atoms with Crippen LogP contribution in [0.3, 0.4) is 0 Å². The van der Waals surface area contributed by atoms with Gasteiger partial charge in [-0.2, -0.15) is 4.31 Å². The predicted octanol–water partition coefficient (Wildman–Crippen LogP) is 2.16. The summed E-state index contributed by atoms with van der Waals surface area (Å²) in [6, 6.07) is 7.07. The summed E-state index contributed by atoms with van der Waals surface area (Å²) in [5, 5.41) is 0. The third-order valence-corrected chi connectivity index (χ3v) is 8.74. The molecule has 1 aromatic rings. The number of piperidine rings is 1. The second kappa shape index (κ2) is 7.36. The Bertz CT molecular complexity index is 858. The first-order valence-corrected chi connectivity index (χ1v) is 12.1. The molecule has 2 aliphatic heterocycles. The van der Waals surface area contributed by atoms with Gasteiger partial charge in [0.1, 0.15) is 0 Å². The Balaban J connectivity index is 1.36. The van der Waals surface area contributed by atoms with Crippen LogP contribution in [0.4, 0.5) is 0 Å². The van der Waals surface area contributed by atoms with Gasteiger partial charge < -0.3 is 4.90 Å². The molecule has 2 heterocycles. The second-order valence-electron chi connectivity index (χ2n) is 9.89. The zero-order valence-corrected chi connectivity index (χ0v) is 18.8. The van der Waals surface area contributed by atoms with Crippen LogP contribution < -0.4 is 0 Å². The van der Waals surface area contributed by atoms with E-state index in [1.165, 1.54) is 6.42 Å². The highest BCUT2D eigenvalue weighted by Gasteiger charge is 2.47. The number of piperazine rings is 1. The van der Waals surface area contributed by atoms with Crippen molar-refractivity contribution in [1.29, 1.82) is 0 Å². The average molecular weight is 420 g/mol. The highest BCUT2D eigenvalue weighted by Crippen LogP contribution is 2.45. The number of carbonyl (C=O) groups excluding carboxylic acids is 1. The summed E-state index contributed by atoms with van der Waals surface area (Å²) < 4.78 is 27.6. The summed E-state index contributed by atoms with van der Waals surface area (Å²) in [5.74, 6) is 1.67. The van der Waals surface area contributed by atoms with Gasteiger partial charge >= 0.3 is 0 Å². The Morgan fingerprint density at radius 2 is 1.55 bits per heavy atom. The molecule has 0 bridgehead atoms. The topological polar surface area (TPSA) is 60.9 Å². The summed E-state index contributed by atoms with van der Waals surface area (Å²) in [6.45, 7) is 12.1. The van der Waals surface area contributed by atoms with Crippen molar-refractivity contribution in [3.05, 3.63) is 29.8 Å². The van der Waals surface area contributed by atoms with E-state index >= 15 is 0 Å². The monoisotopic (exact) mass is 419 g/mol. The number of benzene rings is 1. The molecule has 3 aliphatic rings. The van der Waals surface area contributed by atoms with E-state index in [1.807, 2.05) is 24.0 Å². The van der Waals surface area contributed by atoms with E-state index in [1.54, 1.807) is 16.4 Å². The molecule has 160 valence electrons. The Morgan fingerprint density at radius 3 is 2.07 bits per heavy atom. The molecule has 1 aliphatic carbocycles. The Kier molecular flexibility index (Phi) is 5.28. The molecule has 2 saturated heterocycles. The van der Waals surface area contributed by atoms with Crippen LogP contribution in [0, 0.1) is 11.8 Å². The molecule has 0 N–H and O–H groups in total. The number of hydrogen-bond acceptors (Lipinski definition) is 4. The van der Waals surface area contributed by atoms with Crippen LogP contribution in [0.2, 0.25) is 0 Å². The van der Waals surface area contributed by atoms with Gasteiger partial charge in [0.05, 0.1) is 10.9 Å². The molecule has 0 radical (unpaired) electrons. The fourth-order valence-electron chi connectivity index (χ4n) is 4.61. The first-order chi connectivity index (χ1) is 13.6. The van der Waals surface area contributed by atoms with Crippen molar-refractivity contribution in [2.45, 2.75) is 50.5 Å². The molecule has 1 aromatic carbocycles. The van der Waals surface area contributed by atoms with Gasteiger partial charge in [0.25, 0.3) is 0 Å². The van der Waals surface area contributed by atoms with Crippen LogP contribution in [0.5, 0.6) is 0 Å². The number of fused-ring (bicyclic) bond motifs is 1. The molecule has 6 nitrogen and oxygen atoms in total. The smallest absolute Gasteiger partial charge is 0.243 e. The zero-order valence-electron chi connectivity index (χ0n) is 18.0. The molecule has 4 rings (SSSR count). The Labute approximate surface area is 174 Å². The van der Waals surface area contributed by atoms with E-state index in [4.69, 9.17) is 0 Å². The summed E-state index contributed by atoms with van der Waals surface area (Å²) >= 11 is 0. The lowest BCUT2D eigenvalue weighted by Gasteiger charge is -2.38. The minimum absolute atomic E-state index is 0.00750. The first kappa shape index (κ1) is 20.8. The molecule has 3 unspecified atom stereocenters. The largest absolute Gasteiger partial charge is 0.341 e. The van der Waals surface area contributed by atoms with E-state index in [9.17, 15) is 13.2 Å². The summed E-state index contributed by atoms with van der Waals surface area (Å²) in [7, 11) is -3.50. The minimum Gasteiger partial charge on any atom is -0.341 e. The number of likely N-dealkylation sites (tertiary alicyclic amines) is 1. The van der Waals surface area contributed by atoms with Gasteiger partial charge in [-0.05, 0) is 48.3 Å². The Hall–Kier alpha value is -1.44. The lowest BCUT2D eigenvalue weighted by molar-refractivity contribution is -0.136. The number of nitrogens with zero attached hydrogens (tertiary/aromatic N) is 3. The van der Waals surface area contributed by atoms with Crippen LogP contribution in [0.15, 0.2) is 29.2 Å². The van der Waals surface area contributed by atoms with Gasteiger partial charge in [0, 0.05) is 39.3 Å². The summed E-state index contributed by atoms with van der Waals surface area (Å²) in [5.41, 5.74) is 1.11. The number of amides is 1. The van der Waals surface area contributed by atoms with E-state index in [-0.39, 0.29) is 17.4 Å². The van der Waals surface area contributed by atoms with Crippen LogP contribution in [0.1, 0.15) is 39.7 Å². The highest BCUT2D eigenvalue weighted by atomic mass is 32.2. The second-order valence-corrected chi connectivity index (χ2v) is 11.8. The molecule has 3 atom stereocenters. The van der Waals surface area contributed by atoms with Gasteiger partial charge in [-0.25, -0.2) is 8.42 Å². The predicted molar refractivity (Wildman–Crippen MR) is 113 cm³/mol. The fraction of sp³-hybridized carbons (Fsp3) is 0.682. The van der Waals surface area contributed by atoms with Crippen LogP contribution in [0.25, 0.3) is 0 Å². The molecule has 0 spiro atoms. The normalized spacial score (nSPS) is 27.0. The molecule has 1 saturated carbocycles. The quantitative estimate of drug-likeness (QED) is 0.750. The number of carbonyl (C=O) groups is 1. The van der Waals surface area contributed by atoms with E-state index in [0.29, 0.717) is 31.1 Å². The van der Waals surface area contributed by atoms with Gasteiger partial charge in [-0.1, -0.05) is 32.9 Å².